The van der Waals surface area contributed by atoms with Gasteiger partial charge in [0.1, 0.15) is 0 Å². The summed E-state index contributed by atoms with van der Waals surface area (Å²) in [6, 6.07) is 0. The summed E-state index contributed by atoms with van der Waals surface area (Å²) in [6.45, 7) is 0. The predicted octanol–water partition coefficient (Wildman–Crippen LogP) is 0.711. The molecule has 6 nitrogen and oxygen atoms in total. The molecule has 1 rings (SSSR count). The topological polar surface area (TPSA) is 60.1 Å². The maximum atomic E-state index is 12.1. The summed E-state index contributed by atoms with van der Waals surface area (Å²) in [5, 5.41) is 12.7. The van der Waals surface area contributed by atoms with Gasteiger partial charge in [-0.05, 0) is 11.5 Å². The first-order valence-corrected chi connectivity index (χ1v) is 4.79. The average molecular weight is 220 g/mol. The first-order valence-electron chi connectivity index (χ1n) is 4.79. The molecule has 1 saturated heterocycles. The first-order chi connectivity index (χ1) is 7.10. The van der Waals surface area contributed by atoms with Gasteiger partial charge in [0, 0.05) is 41.3 Å². The van der Waals surface area contributed by atoms with Crippen molar-refractivity contribution >= 4 is 0 Å². The van der Waals surface area contributed by atoms with E-state index >= 15 is 0 Å². The van der Waals surface area contributed by atoms with E-state index in [1.807, 2.05) is 0 Å². The van der Waals surface area contributed by atoms with Crippen LogP contribution in [0.5, 0.6) is 0 Å². The van der Waals surface area contributed by atoms with Gasteiger partial charge in [0.2, 0.25) is 0 Å². The molecule has 0 aromatic carbocycles. The Balaban J connectivity index is 2.95. The third kappa shape index (κ3) is 1.89. The molecule has 0 amide bonds. The summed E-state index contributed by atoms with van der Waals surface area (Å²) in [5.74, 6) is -2.63. The molecule has 0 aliphatic carbocycles. The normalized spacial score (nSPS) is 25.4. The number of hydroxylamine groups is 2. The molecule has 6 heteroatoms. The number of methoxy groups -OCH3 is 4. The molecule has 15 heavy (non-hydrogen) atoms. The molecule has 1 heterocycles. The van der Waals surface area contributed by atoms with Gasteiger partial charge < -0.3 is 18.9 Å². The van der Waals surface area contributed by atoms with Gasteiger partial charge in [0.25, 0.3) is 11.8 Å². The molecule has 1 aliphatic rings. The van der Waals surface area contributed by atoms with E-state index in [2.05, 4.69) is 0 Å². The van der Waals surface area contributed by atoms with Gasteiger partial charge in [-0.15, -0.1) is 5.21 Å². The zero-order valence-corrected chi connectivity index (χ0v) is 9.61. The van der Waals surface area contributed by atoms with Crippen LogP contribution in [-0.4, -0.2) is 45.3 Å². The summed E-state index contributed by atoms with van der Waals surface area (Å²) in [4.78, 5) is 0. The lowest BCUT2D eigenvalue weighted by atomic mass is 10.1. The molecule has 1 fully saturated rings. The number of ether oxygens (including phenoxy) is 4. The monoisotopic (exact) mass is 220 g/mol. The summed E-state index contributed by atoms with van der Waals surface area (Å²) >= 11 is 0. The highest BCUT2D eigenvalue weighted by Gasteiger charge is 2.55. The van der Waals surface area contributed by atoms with Crippen molar-refractivity contribution in [1.29, 1.82) is 0 Å². The second kappa shape index (κ2) is 4.73. The van der Waals surface area contributed by atoms with Gasteiger partial charge in [-0.2, -0.15) is 0 Å². The maximum absolute atomic E-state index is 12.1. The fraction of sp³-hybridized carbons (Fsp3) is 1.00. The maximum Gasteiger partial charge on any atom is 0.259 e. The van der Waals surface area contributed by atoms with Crippen molar-refractivity contribution in [1.82, 2.24) is 5.06 Å². The number of hydrogen-bond acceptors (Lipinski definition) is 5. The Bertz CT molecular complexity index is 183. The van der Waals surface area contributed by atoms with Gasteiger partial charge >= 0.3 is 0 Å². The lowest BCUT2D eigenvalue weighted by Gasteiger charge is -2.48. The van der Waals surface area contributed by atoms with Gasteiger partial charge in [-0.1, -0.05) is 0 Å². The standard InChI is InChI=1S/C9H18NO5/c1-12-8(13-2)6-5-7-9(14-3,15-4)10(8)11/h5-7H2,1-4H3. The Kier molecular flexibility index (Phi) is 4.05. The molecule has 89 valence electrons. The van der Waals surface area contributed by atoms with Crippen LogP contribution in [0.15, 0.2) is 0 Å². The van der Waals surface area contributed by atoms with Crippen LogP contribution in [0.25, 0.3) is 0 Å². The van der Waals surface area contributed by atoms with Crippen LogP contribution in [0.1, 0.15) is 19.3 Å². The Labute approximate surface area is 89.6 Å². The number of rotatable bonds is 4. The highest BCUT2D eigenvalue weighted by atomic mass is 16.8. The molecule has 1 aliphatic heterocycles. The van der Waals surface area contributed by atoms with Crippen LogP contribution in [0.3, 0.4) is 0 Å². The van der Waals surface area contributed by atoms with Crippen LogP contribution in [0.4, 0.5) is 0 Å². The van der Waals surface area contributed by atoms with Crippen molar-refractivity contribution in [2.24, 2.45) is 0 Å². The molecule has 0 N–H and O–H groups in total. The zero-order chi connectivity index (χ0) is 11.5. The van der Waals surface area contributed by atoms with Crippen molar-refractivity contribution in [3.63, 3.8) is 0 Å². The van der Waals surface area contributed by atoms with E-state index in [-0.39, 0.29) is 0 Å². The number of piperidine rings is 1. The van der Waals surface area contributed by atoms with Crippen molar-refractivity contribution in [2.45, 2.75) is 31.1 Å². The van der Waals surface area contributed by atoms with Crippen molar-refractivity contribution in [2.75, 3.05) is 28.4 Å². The molecule has 0 bridgehead atoms. The zero-order valence-electron chi connectivity index (χ0n) is 9.61. The summed E-state index contributed by atoms with van der Waals surface area (Å²) < 4.78 is 20.5. The second-order valence-corrected chi connectivity index (χ2v) is 3.39. The molecule has 0 aromatic heterocycles. The van der Waals surface area contributed by atoms with Crippen LogP contribution >= 0.6 is 0 Å². The summed E-state index contributed by atoms with van der Waals surface area (Å²) in [5.41, 5.74) is 0. The lowest BCUT2D eigenvalue weighted by Crippen LogP contribution is -2.64. The summed E-state index contributed by atoms with van der Waals surface area (Å²) in [6.07, 6.45) is 1.69. The lowest BCUT2D eigenvalue weighted by molar-refractivity contribution is -0.523. The fourth-order valence-electron chi connectivity index (χ4n) is 1.90. The van der Waals surface area contributed by atoms with Crippen LogP contribution in [-0.2, 0) is 24.2 Å². The molecule has 0 aromatic rings. The minimum absolute atomic E-state index is 0.484. The Morgan fingerprint density at radius 2 is 1.20 bits per heavy atom. The van der Waals surface area contributed by atoms with Crippen molar-refractivity contribution in [3.8, 4) is 0 Å². The first kappa shape index (κ1) is 12.8. The molecule has 1 radical (unpaired) electrons. The van der Waals surface area contributed by atoms with Crippen LogP contribution in [0, 0.1) is 0 Å². The van der Waals surface area contributed by atoms with E-state index in [1.165, 1.54) is 28.4 Å². The molecule has 0 spiro atoms. The quantitative estimate of drug-likeness (QED) is 0.653. The smallest absolute Gasteiger partial charge is 0.259 e. The van der Waals surface area contributed by atoms with Gasteiger partial charge in [0.15, 0.2) is 0 Å². The Morgan fingerprint density at radius 3 is 1.47 bits per heavy atom. The Hall–Kier alpha value is -0.240. The SMILES string of the molecule is COC1(OC)CCCC(OC)(OC)N1[O]. The van der Waals surface area contributed by atoms with Gasteiger partial charge in [0.05, 0.1) is 0 Å². The van der Waals surface area contributed by atoms with Crippen LogP contribution in [0.2, 0.25) is 0 Å². The van der Waals surface area contributed by atoms with Gasteiger partial charge in [-0.25, -0.2) is 0 Å². The van der Waals surface area contributed by atoms with E-state index in [0.717, 1.165) is 6.42 Å². The molecular weight excluding hydrogens is 202 g/mol. The van der Waals surface area contributed by atoms with Gasteiger partial charge in [-0.3, -0.25) is 0 Å². The number of nitrogens with zero attached hydrogens (tertiary/aromatic N) is 1. The molecular formula is C9H18NO5. The molecule has 0 atom stereocenters. The third-order valence-electron chi connectivity index (χ3n) is 2.88. The Morgan fingerprint density at radius 1 is 0.867 bits per heavy atom. The molecule has 0 unspecified atom stereocenters. The highest BCUT2D eigenvalue weighted by Crippen LogP contribution is 2.39. The highest BCUT2D eigenvalue weighted by molar-refractivity contribution is 4.80. The van der Waals surface area contributed by atoms with E-state index in [4.69, 9.17) is 18.9 Å². The van der Waals surface area contributed by atoms with Crippen LogP contribution < -0.4 is 0 Å². The average Bonchev–Trinajstić information content (AvgIpc) is 2.30. The number of hydrogen-bond donors (Lipinski definition) is 0. The minimum atomic E-state index is -1.32. The fourth-order valence-corrected chi connectivity index (χ4v) is 1.90. The second-order valence-electron chi connectivity index (χ2n) is 3.39. The predicted molar refractivity (Wildman–Crippen MR) is 49.9 cm³/mol. The third-order valence-corrected chi connectivity index (χ3v) is 2.88. The van der Waals surface area contributed by atoms with E-state index in [1.54, 1.807) is 0 Å². The van der Waals surface area contributed by atoms with E-state index < -0.39 is 11.8 Å². The largest absolute Gasteiger partial charge is 0.339 e. The van der Waals surface area contributed by atoms with Crippen molar-refractivity contribution in [3.05, 3.63) is 0 Å². The van der Waals surface area contributed by atoms with E-state index in [0.29, 0.717) is 17.9 Å². The van der Waals surface area contributed by atoms with Crippen molar-refractivity contribution < 1.29 is 24.2 Å². The summed E-state index contributed by atoms with van der Waals surface area (Å²) in [7, 11) is 5.71. The molecule has 0 saturated carbocycles. The van der Waals surface area contributed by atoms with E-state index in [9.17, 15) is 5.21 Å². The minimum Gasteiger partial charge on any atom is -0.339 e.